The fraction of sp³-hybridized carbons (Fsp3) is 0.348. The van der Waals surface area contributed by atoms with Gasteiger partial charge < -0.3 is 19.9 Å². The molecule has 154 valence electrons. The second-order valence-corrected chi connectivity index (χ2v) is 7.84. The summed E-state index contributed by atoms with van der Waals surface area (Å²) in [5.74, 6) is 1.26. The molecule has 0 saturated carbocycles. The predicted molar refractivity (Wildman–Crippen MR) is 112 cm³/mol. The smallest absolute Gasteiger partial charge is 0.321 e. The number of methoxy groups -OCH3 is 1. The molecule has 4 rings (SSSR count). The number of urea groups is 1. The van der Waals surface area contributed by atoms with Crippen LogP contribution in [0, 0.1) is 23.2 Å². The number of nitriles is 1. The first-order valence-corrected chi connectivity index (χ1v) is 9.97. The van der Waals surface area contributed by atoms with Crippen LogP contribution in [0.1, 0.15) is 24.1 Å². The van der Waals surface area contributed by atoms with E-state index in [2.05, 4.69) is 11.4 Å². The van der Waals surface area contributed by atoms with Gasteiger partial charge in [-0.3, -0.25) is 4.79 Å². The fourth-order valence-corrected chi connectivity index (χ4v) is 4.59. The molecule has 1 N–H and O–H groups in total. The summed E-state index contributed by atoms with van der Waals surface area (Å²) in [7, 11) is 1.63. The second kappa shape index (κ2) is 8.07. The lowest BCUT2D eigenvalue weighted by Gasteiger charge is -2.29. The van der Waals surface area contributed by atoms with E-state index in [-0.39, 0.29) is 29.8 Å². The van der Waals surface area contributed by atoms with Crippen molar-refractivity contribution < 1.29 is 14.3 Å². The van der Waals surface area contributed by atoms with Gasteiger partial charge in [0.05, 0.1) is 24.8 Å². The first-order chi connectivity index (χ1) is 14.5. The number of nitrogens with one attached hydrogen (secondary N) is 1. The van der Waals surface area contributed by atoms with Crippen molar-refractivity contribution in [2.75, 3.05) is 32.1 Å². The zero-order chi connectivity index (χ0) is 21.3. The summed E-state index contributed by atoms with van der Waals surface area (Å²) in [4.78, 5) is 28.8. The van der Waals surface area contributed by atoms with E-state index in [1.54, 1.807) is 38.3 Å². The number of ether oxygens (including phenoxy) is 1. The van der Waals surface area contributed by atoms with Gasteiger partial charge in [-0.25, -0.2) is 4.79 Å². The average molecular weight is 404 g/mol. The van der Waals surface area contributed by atoms with Gasteiger partial charge in [0, 0.05) is 44.1 Å². The normalized spacial score (nSPS) is 22.4. The van der Waals surface area contributed by atoms with E-state index in [9.17, 15) is 9.59 Å². The Morgan fingerprint density at radius 1 is 1.07 bits per heavy atom. The van der Waals surface area contributed by atoms with Gasteiger partial charge in [-0.05, 0) is 42.0 Å². The summed E-state index contributed by atoms with van der Waals surface area (Å²) < 4.78 is 5.25. The van der Waals surface area contributed by atoms with Crippen molar-refractivity contribution in [1.82, 2.24) is 9.80 Å². The minimum atomic E-state index is -0.156. The van der Waals surface area contributed by atoms with E-state index in [0.717, 1.165) is 11.3 Å². The van der Waals surface area contributed by atoms with Gasteiger partial charge in [0.25, 0.3) is 0 Å². The highest BCUT2D eigenvalue weighted by Gasteiger charge is 2.49. The van der Waals surface area contributed by atoms with Crippen LogP contribution in [0.15, 0.2) is 48.5 Å². The Morgan fingerprint density at radius 2 is 1.77 bits per heavy atom. The van der Waals surface area contributed by atoms with Crippen molar-refractivity contribution in [3.63, 3.8) is 0 Å². The molecule has 7 nitrogen and oxygen atoms in total. The number of anilines is 1. The van der Waals surface area contributed by atoms with Crippen LogP contribution < -0.4 is 10.1 Å². The van der Waals surface area contributed by atoms with Crippen LogP contribution >= 0.6 is 0 Å². The van der Waals surface area contributed by atoms with E-state index in [0.29, 0.717) is 30.9 Å². The maximum atomic E-state index is 12.8. The van der Waals surface area contributed by atoms with E-state index in [4.69, 9.17) is 10.00 Å². The highest BCUT2D eigenvalue weighted by molar-refractivity contribution is 5.89. The summed E-state index contributed by atoms with van der Waals surface area (Å²) in [6.45, 7) is 3.46. The van der Waals surface area contributed by atoms with Crippen molar-refractivity contribution >= 4 is 17.6 Å². The van der Waals surface area contributed by atoms with Gasteiger partial charge in [-0.15, -0.1) is 0 Å². The van der Waals surface area contributed by atoms with Gasteiger partial charge in [-0.1, -0.05) is 12.1 Å². The van der Waals surface area contributed by atoms with Gasteiger partial charge in [0.1, 0.15) is 5.75 Å². The van der Waals surface area contributed by atoms with E-state index >= 15 is 0 Å². The SMILES string of the molecule is COc1ccc([C@H]2[C@@H]3CN(C(=O)Nc4ccc(C#N)cc4)C[C@@H]3CN2C(C)=O)cc1. The minimum absolute atomic E-state index is 0.0499. The van der Waals surface area contributed by atoms with Gasteiger partial charge in [0.15, 0.2) is 0 Å². The summed E-state index contributed by atoms with van der Waals surface area (Å²) in [6, 6.07) is 16.5. The third-order valence-corrected chi connectivity index (χ3v) is 6.08. The molecule has 0 aliphatic carbocycles. The van der Waals surface area contributed by atoms with Crippen LogP contribution in [0.2, 0.25) is 0 Å². The third-order valence-electron chi connectivity index (χ3n) is 6.08. The molecule has 7 heteroatoms. The molecule has 2 aromatic rings. The molecular weight excluding hydrogens is 380 g/mol. The predicted octanol–water partition coefficient (Wildman–Crippen LogP) is 3.25. The molecule has 2 saturated heterocycles. The summed E-state index contributed by atoms with van der Waals surface area (Å²) in [5.41, 5.74) is 2.27. The quantitative estimate of drug-likeness (QED) is 0.851. The van der Waals surface area contributed by atoms with Crippen molar-refractivity contribution in [2.24, 2.45) is 11.8 Å². The topological polar surface area (TPSA) is 85.7 Å². The van der Waals surface area contributed by atoms with Crippen molar-refractivity contribution in [2.45, 2.75) is 13.0 Å². The largest absolute Gasteiger partial charge is 0.497 e. The van der Waals surface area contributed by atoms with Gasteiger partial charge >= 0.3 is 6.03 Å². The lowest BCUT2D eigenvalue weighted by Crippen LogP contribution is -2.38. The number of fused-ring (bicyclic) bond motifs is 1. The van der Waals surface area contributed by atoms with Crippen LogP contribution in [-0.4, -0.2) is 48.5 Å². The molecule has 0 unspecified atom stereocenters. The minimum Gasteiger partial charge on any atom is -0.497 e. The number of nitrogens with zero attached hydrogens (tertiary/aromatic N) is 3. The molecular formula is C23H24N4O3. The van der Waals surface area contributed by atoms with Crippen LogP contribution in [0.5, 0.6) is 5.75 Å². The Bertz CT molecular complexity index is 981. The lowest BCUT2D eigenvalue weighted by molar-refractivity contribution is -0.130. The molecule has 0 bridgehead atoms. The van der Waals surface area contributed by atoms with E-state index in [1.807, 2.05) is 34.1 Å². The van der Waals surface area contributed by atoms with E-state index in [1.165, 1.54) is 0 Å². The Hall–Kier alpha value is -3.53. The Morgan fingerprint density at radius 3 is 2.37 bits per heavy atom. The molecule has 0 radical (unpaired) electrons. The first-order valence-electron chi connectivity index (χ1n) is 9.97. The highest BCUT2D eigenvalue weighted by atomic mass is 16.5. The lowest BCUT2D eigenvalue weighted by atomic mass is 9.89. The molecule has 2 aromatic carbocycles. The first kappa shape index (κ1) is 19.8. The van der Waals surface area contributed by atoms with Crippen LogP contribution in [0.3, 0.4) is 0 Å². The molecule has 3 amide bonds. The number of hydrogen-bond donors (Lipinski definition) is 1. The zero-order valence-corrected chi connectivity index (χ0v) is 17.0. The Balaban J connectivity index is 1.49. The maximum Gasteiger partial charge on any atom is 0.321 e. The molecule has 2 aliphatic heterocycles. The third kappa shape index (κ3) is 3.69. The number of carbonyl (C=O) groups excluding carboxylic acids is 2. The number of amides is 3. The molecule has 2 heterocycles. The van der Waals surface area contributed by atoms with Crippen molar-refractivity contribution in [3.05, 3.63) is 59.7 Å². The number of rotatable bonds is 3. The summed E-state index contributed by atoms with van der Waals surface area (Å²) in [6.07, 6.45) is 0. The van der Waals surface area contributed by atoms with E-state index < -0.39 is 0 Å². The maximum absolute atomic E-state index is 12.8. The van der Waals surface area contributed by atoms with Gasteiger partial charge in [-0.2, -0.15) is 5.26 Å². The van der Waals surface area contributed by atoms with Crippen molar-refractivity contribution in [3.8, 4) is 11.8 Å². The number of likely N-dealkylation sites (tertiary alicyclic amines) is 2. The summed E-state index contributed by atoms with van der Waals surface area (Å²) in [5, 5.41) is 11.8. The monoisotopic (exact) mass is 404 g/mol. The second-order valence-electron chi connectivity index (χ2n) is 7.84. The van der Waals surface area contributed by atoms with Crippen LogP contribution in [0.4, 0.5) is 10.5 Å². The fourth-order valence-electron chi connectivity index (χ4n) is 4.59. The van der Waals surface area contributed by atoms with Gasteiger partial charge in [0.2, 0.25) is 5.91 Å². The highest BCUT2D eigenvalue weighted by Crippen LogP contribution is 2.45. The molecule has 3 atom stereocenters. The number of carbonyl (C=O) groups is 2. The Kier molecular flexibility index (Phi) is 5.32. The number of benzene rings is 2. The molecule has 30 heavy (non-hydrogen) atoms. The molecule has 0 spiro atoms. The number of hydrogen-bond acceptors (Lipinski definition) is 4. The van der Waals surface area contributed by atoms with Crippen molar-refractivity contribution in [1.29, 1.82) is 5.26 Å². The summed E-state index contributed by atoms with van der Waals surface area (Å²) >= 11 is 0. The van der Waals surface area contributed by atoms with Crippen LogP contribution in [0.25, 0.3) is 0 Å². The molecule has 0 aromatic heterocycles. The van der Waals surface area contributed by atoms with Crippen LogP contribution in [-0.2, 0) is 4.79 Å². The molecule has 2 aliphatic rings. The standard InChI is InChI=1S/C23H24N4O3/c1-15(28)27-13-18-12-26(23(29)25-19-7-3-16(11-24)4-8-19)14-21(18)22(27)17-5-9-20(30-2)10-6-17/h3-10,18,21-22H,12-14H2,1-2H3,(H,25,29)/t18-,21-,22+/m1/s1. The average Bonchev–Trinajstić information content (AvgIpc) is 3.33. The zero-order valence-electron chi connectivity index (χ0n) is 17.0. The Labute approximate surface area is 175 Å². The molecule has 2 fully saturated rings.